The minimum absolute atomic E-state index is 0.00278. The van der Waals surface area contributed by atoms with E-state index >= 15 is 0 Å². The van der Waals surface area contributed by atoms with Crippen molar-refractivity contribution in [1.82, 2.24) is 19.5 Å². The molecule has 29 heavy (non-hydrogen) atoms. The molecule has 0 spiro atoms. The SMILES string of the molecule is C[C@@]1(N)CCN(c2ccc(C(F)(F)F)c(Br)c2Cn2cnc3c(N)ncnc32)C1. The molecule has 1 aliphatic heterocycles. The number of hydrogen-bond donors (Lipinski definition) is 2. The Kier molecular flexibility index (Phi) is 4.69. The van der Waals surface area contributed by atoms with Crippen LogP contribution in [0.25, 0.3) is 11.2 Å². The Balaban J connectivity index is 1.84. The number of rotatable bonds is 3. The van der Waals surface area contributed by atoms with Gasteiger partial charge < -0.3 is 20.9 Å². The lowest BCUT2D eigenvalue weighted by molar-refractivity contribution is -0.138. The molecule has 0 radical (unpaired) electrons. The van der Waals surface area contributed by atoms with Gasteiger partial charge in [-0.1, -0.05) is 0 Å². The lowest BCUT2D eigenvalue weighted by atomic mass is 10.0. The maximum atomic E-state index is 13.5. The highest BCUT2D eigenvalue weighted by atomic mass is 79.9. The van der Waals surface area contributed by atoms with E-state index in [2.05, 4.69) is 30.9 Å². The first-order valence-electron chi connectivity index (χ1n) is 8.90. The summed E-state index contributed by atoms with van der Waals surface area (Å²) in [5.74, 6) is 0.218. The summed E-state index contributed by atoms with van der Waals surface area (Å²) >= 11 is 3.20. The standard InChI is InChI=1S/C18H19BrF3N7/c1-17(24)4-5-28(7-17)12-3-2-11(18(20,21)22)13(19)10(12)6-29-9-27-14-15(23)25-8-26-16(14)29/h2-3,8-9H,4-7,24H2,1H3,(H2,23,25,26)/t17-/m1/s1. The predicted molar refractivity (Wildman–Crippen MR) is 107 cm³/mol. The zero-order valence-corrected chi connectivity index (χ0v) is 17.1. The van der Waals surface area contributed by atoms with Crippen LogP contribution in [0.1, 0.15) is 24.5 Å². The number of hydrogen-bond acceptors (Lipinski definition) is 6. The zero-order chi connectivity index (χ0) is 21.0. The number of alkyl halides is 3. The van der Waals surface area contributed by atoms with Gasteiger partial charge in [0.25, 0.3) is 0 Å². The summed E-state index contributed by atoms with van der Waals surface area (Å²) in [5.41, 5.74) is 13.0. The number of anilines is 2. The number of halogens is 4. The first-order valence-corrected chi connectivity index (χ1v) is 9.70. The van der Waals surface area contributed by atoms with E-state index in [0.717, 1.165) is 12.5 Å². The van der Waals surface area contributed by atoms with Gasteiger partial charge in [0.05, 0.1) is 18.4 Å². The Morgan fingerprint density at radius 2 is 2.00 bits per heavy atom. The van der Waals surface area contributed by atoms with Crippen molar-refractivity contribution in [2.24, 2.45) is 5.73 Å². The topological polar surface area (TPSA) is 98.9 Å². The third-order valence-electron chi connectivity index (χ3n) is 5.13. The minimum atomic E-state index is -4.48. The molecule has 1 fully saturated rings. The van der Waals surface area contributed by atoms with Crippen molar-refractivity contribution < 1.29 is 13.2 Å². The van der Waals surface area contributed by atoms with E-state index in [1.165, 1.54) is 18.7 Å². The number of benzene rings is 1. The van der Waals surface area contributed by atoms with E-state index < -0.39 is 17.3 Å². The van der Waals surface area contributed by atoms with Crippen molar-refractivity contribution in [3.63, 3.8) is 0 Å². The predicted octanol–water partition coefficient (Wildman–Crippen LogP) is 3.17. The molecule has 3 aromatic rings. The third kappa shape index (κ3) is 3.64. The van der Waals surface area contributed by atoms with Crippen molar-refractivity contribution in [1.29, 1.82) is 0 Å². The lowest BCUT2D eigenvalue weighted by Gasteiger charge is -2.26. The molecule has 4 rings (SSSR count). The lowest BCUT2D eigenvalue weighted by Crippen LogP contribution is -2.39. The molecule has 3 heterocycles. The van der Waals surface area contributed by atoms with E-state index in [1.807, 2.05) is 11.8 Å². The molecule has 1 aliphatic rings. The summed E-state index contributed by atoms with van der Waals surface area (Å²) in [5, 5.41) is 0. The van der Waals surface area contributed by atoms with Crippen molar-refractivity contribution in [2.45, 2.75) is 31.6 Å². The Labute approximate surface area is 173 Å². The smallest absolute Gasteiger partial charge is 0.382 e. The van der Waals surface area contributed by atoms with E-state index in [9.17, 15) is 13.2 Å². The Hall–Kier alpha value is -2.40. The molecule has 7 nitrogen and oxygen atoms in total. The average Bonchev–Trinajstić information content (AvgIpc) is 3.19. The molecule has 4 N–H and O–H groups in total. The Morgan fingerprint density at radius 1 is 1.24 bits per heavy atom. The fraction of sp³-hybridized carbons (Fsp3) is 0.389. The Morgan fingerprint density at radius 3 is 2.66 bits per heavy atom. The van der Waals surface area contributed by atoms with Gasteiger partial charge in [-0.25, -0.2) is 15.0 Å². The van der Waals surface area contributed by atoms with Crippen LogP contribution in [-0.4, -0.2) is 38.1 Å². The number of nitrogen functional groups attached to an aromatic ring is 1. The second-order valence-corrected chi connectivity index (χ2v) is 8.34. The largest absolute Gasteiger partial charge is 0.417 e. The molecule has 0 saturated carbocycles. The van der Waals surface area contributed by atoms with E-state index in [-0.39, 0.29) is 16.8 Å². The highest BCUT2D eigenvalue weighted by Crippen LogP contribution is 2.41. The fourth-order valence-corrected chi connectivity index (χ4v) is 4.34. The van der Waals surface area contributed by atoms with Gasteiger partial charge in [0.2, 0.25) is 0 Å². The second kappa shape index (κ2) is 6.84. The first kappa shape index (κ1) is 19.9. The van der Waals surface area contributed by atoms with Gasteiger partial charge in [0, 0.05) is 34.4 Å². The molecule has 0 amide bonds. The molecule has 1 aromatic carbocycles. The molecule has 0 unspecified atom stereocenters. The molecule has 0 aliphatic carbocycles. The van der Waals surface area contributed by atoms with Crippen molar-refractivity contribution in [2.75, 3.05) is 23.7 Å². The molecule has 154 valence electrons. The number of imidazole rings is 1. The maximum Gasteiger partial charge on any atom is 0.417 e. The highest BCUT2D eigenvalue weighted by Gasteiger charge is 2.37. The summed E-state index contributed by atoms with van der Waals surface area (Å²) in [6.45, 7) is 3.29. The van der Waals surface area contributed by atoms with Crippen LogP contribution in [-0.2, 0) is 12.7 Å². The molecular formula is C18H19BrF3N7. The van der Waals surface area contributed by atoms with Crippen LogP contribution in [0.4, 0.5) is 24.7 Å². The first-order chi connectivity index (χ1) is 13.6. The van der Waals surface area contributed by atoms with Gasteiger partial charge in [-0.2, -0.15) is 13.2 Å². The second-order valence-electron chi connectivity index (χ2n) is 7.55. The van der Waals surface area contributed by atoms with Gasteiger partial charge in [0.15, 0.2) is 11.5 Å². The third-order valence-corrected chi connectivity index (χ3v) is 6.03. The molecule has 0 bridgehead atoms. The summed E-state index contributed by atoms with van der Waals surface area (Å²) in [4.78, 5) is 14.3. The van der Waals surface area contributed by atoms with Crippen LogP contribution in [0.2, 0.25) is 0 Å². The molecular weight excluding hydrogens is 451 g/mol. The van der Waals surface area contributed by atoms with Gasteiger partial charge in [-0.3, -0.25) is 0 Å². The van der Waals surface area contributed by atoms with Crippen molar-refractivity contribution >= 4 is 38.6 Å². The van der Waals surface area contributed by atoms with Gasteiger partial charge in [-0.15, -0.1) is 0 Å². The van der Waals surface area contributed by atoms with Crippen LogP contribution in [0, 0.1) is 0 Å². The summed E-state index contributed by atoms with van der Waals surface area (Å²) in [7, 11) is 0. The van der Waals surface area contributed by atoms with Crippen LogP contribution < -0.4 is 16.4 Å². The monoisotopic (exact) mass is 469 g/mol. The van der Waals surface area contributed by atoms with Gasteiger partial charge in [-0.05, 0) is 41.4 Å². The van der Waals surface area contributed by atoms with Crippen LogP contribution >= 0.6 is 15.9 Å². The Bertz CT molecular complexity index is 1080. The van der Waals surface area contributed by atoms with E-state index in [1.54, 1.807) is 4.57 Å². The van der Waals surface area contributed by atoms with Crippen molar-refractivity contribution in [3.05, 3.63) is 40.4 Å². The van der Waals surface area contributed by atoms with Crippen LogP contribution in [0.5, 0.6) is 0 Å². The number of nitrogens with zero attached hydrogens (tertiary/aromatic N) is 5. The zero-order valence-electron chi connectivity index (χ0n) is 15.5. The highest BCUT2D eigenvalue weighted by molar-refractivity contribution is 9.10. The van der Waals surface area contributed by atoms with Gasteiger partial charge in [0.1, 0.15) is 11.8 Å². The van der Waals surface area contributed by atoms with Crippen molar-refractivity contribution in [3.8, 4) is 0 Å². The summed E-state index contributed by atoms with van der Waals surface area (Å²) < 4.78 is 42.2. The van der Waals surface area contributed by atoms with Crippen LogP contribution in [0.3, 0.4) is 0 Å². The van der Waals surface area contributed by atoms with E-state index in [0.29, 0.717) is 35.5 Å². The number of nitrogens with two attached hydrogens (primary N) is 2. The molecule has 1 atom stereocenters. The summed E-state index contributed by atoms with van der Waals surface area (Å²) in [6.07, 6.45) is -0.923. The maximum absolute atomic E-state index is 13.5. The van der Waals surface area contributed by atoms with Crippen LogP contribution in [0.15, 0.2) is 29.3 Å². The number of fused-ring (bicyclic) bond motifs is 1. The molecule has 2 aromatic heterocycles. The average molecular weight is 470 g/mol. The molecule has 11 heteroatoms. The minimum Gasteiger partial charge on any atom is -0.382 e. The fourth-order valence-electron chi connectivity index (χ4n) is 3.65. The normalized spacial score (nSPS) is 20.0. The number of aromatic nitrogens is 4. The van der Waals surface area contributed by atoms with E-state index in [4.69, 9.17) is 11.5 Å². The molecule has 1 saturated heterocycles. The summed E-state index contributed by atoms with van der Waals surface area (Å²) in [6, 6.07) is 2.61. The van der Waals surface area contributed by atoms with Gasteiger partial charge >= 0.3 is 6.18 Å². The quantitative estimate of drug-likeness (QED) is 0.611.